The number of benzene rings is 2. The molecule has 1 amide bonds. The number of nitrogen functional groups attached to an aromatic ring is 1. The number of hydrogen-bond donors (Lipinski definition) is 3. The zero-order chi connectivity index (χ0) is 26.9. The van der Waals surface area contributed by atoms with E-state index < -0.39 is 21.5 Å². The number of nitrogens with one attached hydrogen (secondary N) is 1. The number of nitrogens with two attached hydrogens (primary N) is 2. The second-order valence-electron chi connectivity index (χ2n) is 8.47. The minimum Gasteiger partial charge on any atom is -0.398 e. The fourth-order valence-electron chi connectivity index (χ4n) is 3.96. The second kappa shape index (κ2) is 9.81. The Morgan fingerprint density at radius 1 is 1.16 bits per heavy atom. The molecule has 0 radical (unpaired) electrons. The summed E-state index contributed by atoms with van der Waals surface area (Å²) in [5.41, 5.74) is 6.81. The summed E-state index contributed by atoms with van der Waals surface area (Å²) < 4.78 is 25.3. The Hall–Kier alpha value is -4.40. The molecule has 2 aromatic heterocycles. The number of pyridine rings is 1. The Morgan fingerprint density at radius 2 is 1.95 bits per heavy atom. The van der Waals surface area contributed by atoms with Crippen LogP contribution in [0.25, 0.3) is 11.1 Å². The Bertz CT molecular complexity index is 1640. The van der Waals surface area contributed by atoms with E-state index in [4.69, 9.17) is 27.3 Å². The molecular weight excluding hydrogens is 534 g/mol. The van der Waals surface area contributed by atoms with Crippen molar-refractivity contribution in [2.45, 2.75) is 23.5 Å². The molecule has 0 aliphatic carbocycles. The number of oxime groups is 1. The average Bonchev–Trinajstić information content (AvgIpc) is 3.57. The lowest BCUT2D eigenvalue weighted by Gasteiger charge is -2.24. The van der Waals surface area contributed by atoms with Crippen LogP contribution < -0.4 is 16.2 Å². The number of carbonyl (C=O) groups excluding carboxylic acids is 1. The zero-order valence-corrected chi connectivity index (χ0v) is 21.1. The number of anilines is 2. The number of tetrazole rings is 1. The number of primary sulfonamides is 1. The highest BCUT2D eigenvalue weighted by atomic mass is 35.5. The summed E-state index contributed by atoms with van der Waals surface area (Å²) in [5.74, 6) is -0.338. The summed E-state index contributed by atoms with van der Waals surface area (Å²) in [7, 11) is -3.95. The number of halogens is 1. The van der Waals surface area contributed by atoms with E-state index in [1.807, 2.05) is 0 Å². The Labute approximate surface area is 221 Å². The van der Waals surface area contributed by atoms with Gasteiger partial charge in [-0.2, -0.15) is 0 Å². The summed E-state index contributed by atoms with van der Waals surface area (Å²) in [6.45, 7) is -0.0400. The normalized spacial score (nSPS) is 17.1. The van der Waals surface area contributed by atoms with Crippen LogP contribution >= 0.6 is 11.6 Å². The van der Waals surface area contributed by atoms with Crippen LogP contribution in [0.5, 0.6) is 0 Å². The molecule has 4 aromatic rings. The first-order valence-corrected chi connectivity index (χ1v) is 13.0. The fraction of sp³-hybridized carbons (Fsp3) is 0.130. The predicted molar refractivity (Wildman–Crippen MR) is 138 cm³/mol. The van der Waals surface area contributed by atoms with E-state index in [0.29, 0.717) is 33.1 Å². The lowest BCUT2D eigenvalue weighted by Crippen LogP contribution is -2.47. The highest BCUT2D eigenvalue weighted by Gasteiger charge is 2.48. The zero-order valence-electron chi connectivity index (χ0n) is 19.5. The van der Waals surface area contributed by atoms with Crippen LogP contribution in [-0.2, 0) is 26.2 Å². The molecule has 5 rings (SSSR count). The quantitative estimate of drug-likeness (QED) is 0.286. The third-order valence-corrected chi connectivity index (χ3v) is 7.16. The highest BCUT2D eigenvalue weighted by Crippen LogP contribution is 2.32. The standard InChI is InChI=1S/C23H20ClN9O4S/c24-17-7-5-14(9-18(17)25)19-10-23(37-30-19,12-33-13-28-31-32-33)22(34)29-21-8-6-15(11-27-21)16-3-1-2-4-20(16)38(26,35)36/h1-9,11,13H,10,12,25H2,(H2,26,35,36)(H,27,29,34)/t23-/m0/s1. The SMILES string of the molecule is Nc1cc(C2=NO[C@@](Cn3cnnn3)(C(=O)Nc3ccc(-c4ccccc4S(N)(=O)=O)cn3)C2)ccc1Cl. The van der Waals surface area contributed by atoms with Crippen molar-refractivity contribution in [1.29, 1.82) is 0 Å². The Morgan fingerprint density at radius 3 is 2.63 bits per heavy atom. The molecule has 1 atom stereocenters. The summed E-state index contributed by atoms with van der Waals surface area (Å²) in [6, 6.07) is 14.5. The second-order valence-corrected chi connectivity index (χ2v) is 10.4. The largest absolute Gasteiger partial charge is 0.398 e. The molecule has 15 heteroatoms. The minimum atomic E-state index is -3.95. The number of sulfonamides is 1. The van der Waals surface area contributed by atoms with Gasteiger partial charge in [-0.15, -0.1) is 5.10 Å². The smallest absolute Gasteiger partial charge is 0.274 e. The fourth-order valence-corrected chi connectivity index (χ4v) is 4.84. The van der Waals surface area contributed by atoms with Crippen molar-refractivity contribution in [1.82, 2.24) is 25.2 Å². The summed E-state index contributed by atoms with van der Waals surface area (Å²) in [5, 5.41) is 23.7. The van der Waals surface area contributed by atoms with Crippen molar-refractivity contribution >= 4 is 44.7 Å². The molecular formula is C23H20ClN9O4S. The van der Waals surface area contributed by atoms with E-state index in [1.54, 1.807) is 42.5 Å². The number of hydrogen-bond acceptors (Lipinski definition) is 10. The van der Waals surface area contributed by atoms with Crippen LogP contribution in [0.4, 0.5) is 11.5 Å². The van der Waals surface area contributed by atoms with E-state index in [9.17, 15) is 13.2 Å². The third kappa shape index (κ3) is 5.04. The molecule has 0 fully saturated rings. The van der Waals surface area contributed by atoms with Gasteiger partial charge in [-0.25, -0.2) is 23.2 Å². The van der Waals surface area contributed by atoms with Crippen LogP contribution in [0.3, 0.4) is 0 Å². The molecule has 13 nitrogen and oxygen atoms in total. The molecule has 194 valence electrons. The third-order valence-electron chi connectivity index (χ3n) is 5.85. The van der Waals surface area contributed by atoms with Gasteiger partial charge < -0.3 is 15.9 Å². The van der Waals surface area contributed by atoms with Crippen molar-refractivity contribution in [2.24, 2.45) is 10.3 Å². The van der Waals surface area contributed by atoms with Gasteiger partial charge in [-0.1, -0.05) is 41.0 Å². The number of nitrogens with zero attached hydrogens (tertiary/aromatic N) is 6. The molecule has 3 heterocycles. The van der Waals surface area contributed by atoms with Crippen LogP contribution in [0.15, 0.2) is 77.2 Å². The van der Waals surface area contributed by atoms with Crippen molar-refractivity contribution in [3.8, 4) is 11.1 Å². The van der Waals surface area contributed by atoms with Crippen molar-refractivity contribution < 1.29 is 18.0 Å². The summed E-state index contributed by atoms with van der Waals surface area (Å²) >= 11 is 6.03. The van der Waals surface area contributed by atoms with Gasteiger partial charge in [0.2, 0.25) is 15.6 Å². The van der Waals surface area contributed by atoms with Gasteiger partial charge in [-0.3, -0.25) is 4.79 Å². The molecule has 0 saturated carbocycles. The molecule has 5 N–H and O–H groups in total. The van der Waals surface area contributed by atoms with Crippen LogP contribution in [0, 0.1) is 0 Å². The Kier molecular flexibility index (Phi) is 6.52. The molecule has 2 aromatic carbocycles. The monoisotopic (exact) mass is 553 g/mol. The van der Waals surface area contributed by atoms with E-state index in [-0.39, 0.29) is 23.7 Å². The lowest BCUT2D eigenvalue weighted by atomic mass is 9.92. The van der Waals surface area contributed by atoms with Gasteiger partial charge in [-0.05, 0) is 40.8 Å². The lowest BCUT2D eigenvalue weighted by molar-refractivity contribution is -0.140. The number of carbonyl (C=O) groups is 1. The van der Waals surface area contributed by atoms with Crippen molar-refractivity contribution in [3.05, 3.63) is 77.7 Å². The molecule has 38 heavy (non-hydrogen) atoms. The number of rotatable bonds is 7. The maximum atomic E-state index is 13.5. The van der Waals surface area contributed by atoms with Gasteiger partial charge in [0.05, 0.1) is 27.9 Å². The number of aromatic nitrogens is 5. The summed E-state index contributed by atoms with van der Waals surface area (Å²) in [6.07, 6.45) is 2.87. The van der Waals surface area contributed by atoms with Gasteiger partial charge in [0.15, 0.2) is 0 Å². The van der Waals surface area contributed by atoms with Gasteiger partial charge >= 0.3 is 0 Å². The first-order valence-electron chi connectivity index (χ1n) is 11.1. The molecule has 1 aliphatic rings. The first-order chi connectivity index (χ1) is 18.1. The minimum absolute atomic E-state index is 0.0362. The molecule has 0 bridgehead atoms. The van der Waals surface area contributed by atoms with E-state index >= 15 is 0 Å². The average molecular weight is 554 g/mol. The van der Waals surface area contributed by atoms with Gasteiger partial charge in [0, 0.05) is 29.3 Å². The van der Waals surface area contributed by atoms with E-state index in [0.717, 1.165) is 0 Å². The predicted octanol–water partition coefficient (Wildman–Crippen LogP) is 1.82. The topological polar surface area (TPSA) is 193 Å². The van der Waals surface area contributed by atoms with E-state index in [2.05, 4.69) is 31.0 Å². The highest BCUT2D eigenvalue weighted by molar-refractivity contribution is 7.89. The Balaban J connectivity index is 1.39. The molecule has 1 aliphatic heterocycles. The number of amides is 1. The van der Waals surface area contributed by atoms with Crippen LogP contribution in [0.1, 0.15) is 12.0 Å². The first kappa shape index (κ1) is 25.3. The molecule has 0 unspecified atom stereocenters. The van der Waals surface area contributed by atoms with Crippen LogP contribution in [-0.4, -0.2) is 50.8 Å². The maximum Gasteiger partial charge on any atom is 0.274 e. The summed E-state index contributed by atoms with van der Waals surface area (Å²) in [4.78, 5) is 23.5. The van der Waals surface area contributed by atoms with Crippen LogP contribution in [0.2, 0.25) is 5.02 Å². The van der Waals surface area contributed by atoms with Crippen molar-refractivity contribution in [2.75, 3.05) is 11.1 Å². The van der Waals surface area contributed by atoms with Gasteiger partial charge in [0.25, 0.3) is 5.91 Å². The van der Waals surface area contributed by atoms with Crippen molar-refractivity contribution in [3.63, 3.8) is 0 Å². The van der Waals surface area contributed by atoms with E-state index in [1.165, 1.54) is 29.3 Å². The maximum absolute atomic E-state index is 13.5. The molecule has 0 spiro atoms. The van der Waals surface area contributed by atoms with Gasteiger partial charge in [0.1, 0.15) is 12.1 Å². The molecule has 0 saturated heterocycles.